The van der Waals surface area contributed by atoms with Crippen LogP contribution in [-0.4, -0.2) is 19.7 Å². The summed E-state index contributed by atoms with van der Waals surface area (Å²) in [6.07, 6.45) is 0. The highest BCUT2D eigenvalue weighted by molar-refractivity contribution is 7.98. The lowest BCUT2D eigenvalue weighted by Gasteiger charge is -2.12. The topological polar surface area (TPSA) is 73.8 Å². The van der Waals surface area contributed by atoms with Gasteiger partial charge in [0.1, 0.15) is 0 Å². The van der Waals surface area contributed by atoms with E-state index in [0.29, 0.717) is 40.1 Å². The van der Waals surface area contributed by atoms with Crippen LogP contribution in [0.15, 0.2) is 69.1 Å². The molecule has 0 N–H and O–H groups in total. The summed E-state index contributed by atoms with van der Waals surface area (Å²) in [4.78, 5) is 21.9. The van der Waals surface area contributed by atoms with E-state index in [1.165, 1.54) is 11.8 Å². The molecule has 4 aromatic rings. The third-order valence-corrected chi connectivity index (χ3v) is 4.87. The van der Waals surface area contributed by atoms with Crippen LogP contribution in [0.25, 0.3) is 10.9 Å². The van der Waals surface area contributed by atoms with Gasteiger partial charge in [-0.3, -0.25) is 9.36 Å². The molecule has 0 amide bonds. The number of rotatable bonds is 5. The average Bonchev–Trinajstić information content (AvgIpc) is 3.09. The van der Waals surface area contributed by atoms with Gasteiger partial charge in [0.05, 0.1) is 23.2 Å². The molecule has 0 bridgehead atoms. The Morgan fingerprint density at radius 2 is 1.81 bits per heavy atom. The fourth-order valence-corrected chi connectivity index (χ4v) is 3.52. The standard InChI is InChI=1S/C19H16N4O2S/c1-13-20-17(25-22-13)12-26-19-21-16-10-6-5-9-15(16)18(24)23(19)11-14-7-3-2-4-8-14/h2-10H,11-12H2,1H3. The van der Waals surface area contributed by atoms with Crippen molar-refractivity contribution in [2.75, 3.05) is 0 Å². The van der Waals surface area contributed by atoms with E-state index in [1.807, 2.05) is 54.6 Å². The Bertz CT molecular complexity index is 1110. The molecule has 2 aromatic carbocycles. The van der Waals surface area contributed by atoms with Gasteiger partial charge in [-0.1, -0.05) is 59.4 Å². The van der Waals surface area contributed by atoms with Crippen molar-refractivity contribution in [2.45, 2.75) is 24.4 Å². The van der Waals surface area contributed by atoms with E-state index < -0.39 is 0 Å². The molecule has 0 saturated heterocycles. The van der Waals surface area contributed by atoms with Gasteiger partial charge < -0.3 is 4.52 Å². The summed E-state index contributed by atoms with van der Waals surface area (Å²) in [6.45, 7) is 2.24. The maximum atomic E-state index is 13.0. The van der Waals surface area contributed by atoms with Crippen molar-refractivity contribution in [2.24, 2.45) is 0 Å². The summed E-state index contributed by atoms with van der Waals surface area (Å²) >= 11 is 1.42. The molecule has 4 rings (SSSR count). The lowest BCUT2D eigenvalue weighted by atomic mass is 10.2. The minimum Gasteiger partial charge on any atom is -0.338 e. The molecule has 2 heterocycles. The van der Waals surface area contributed by atoms with Crippen LogP contribution >= 0.6 is 11.8 Å². The summed E-state index contributed by atoms with van der Waals surface area (Å²) in [6, 6.07) is 17.3. The zero-order valence-corrected chi connectivity index (χ0v) is 14.9. The summed E-state index contributed by atoms with van der Waals surface area (Å²) in [5.74, 6) is 1.57. The quantitative estimate of drug-likeness (QED) is 0.399. The summed E-state index contributed by atoms with van der Waals surface area (Å²) < 4.78 is 6.86. The zero-order chi connectivity index (χ0) is 17.9. The molecule has 0 radical (unpaired) electrons. The highest BCUT2D eigenvalue weighted by atomic mass is 32.2. The van der Waals surface area contributed by atoms with E-state index >= 15 is 0 Å². The van der Waals surface area contributed by atoms with Crippen molar-refractivity contribution in [1.82, 2.24) is 19.7 Å². The van der Waals surface area contributed by atoms with Crippen molar-refractivity contribution in [3.05, 3.63) is 82.2 Å². The molecule has 0 spiro atoms. The van der Waals surface area contributed by atoms with Crippen LogP contribution < -0.4 is 5.56 Å². The van der Waals surface area contributed by atoms with Gasteiger partial charge in [0.25, 0.3) is 5.56 Å². The predicted molar refractivity (Wildman–Crippen MR) is 100 cm³/mol. The van der Waals surface area contributed by atoms with Crippen molar-refractivity contribution in [3.63, 3.8) is 0 Å². The number of thioether (sulfide) groups is 1. The molecule has 0 saturated carbocycles. The first-order valence-electron chi connectivity index (χ1n) is 8.16. The largest absolute Gasteiger partial charge is 0.338 e. The molecular formula is C19H16N4O2S. The Morgan fingerprint density at radius 1 is 1.04 bits per heavy atom. The first-order chi connectivity index (χ1) is 12.7. The molecule has 7 heteroatoms. The molecule has 0 atom stereocenters. The number of aryl methyl sites for hydroxylation is 1. The Hall–Kier alpha value is -2.93. The predicted octanol–water partition coefficient (Wildman–Crippen LogP) is 3.43. The normalized spacial score (nSPS) is 11.1. The number of hydrogen-bond acceptors (Lipinski definition) is 6. The van der Waals surface area contributed by atoms with Crippen LogP contribution in [0.2, 0.25) is 0 Å². The highest BCUT2D eigenvalue weighted by Gasteiger charge is 2.13. The summed E-state index contributed by atoms with van der Waals surface area (Å²) in [5, 5.41) is 5.04. The van der Waals surface area contributed by atoms with Crippen molar-refractivity contribution in [3.8, 4) is 0 Å². The molecule has 6 nitrogen and oxygen atoms in total. The van der Waals surface area contributed by atoms with Crippen LogP contribution in [0.5, 0.6) is 0 Å². The number of hydrogen-bond donors (Lipinski definition) is 0. The molecule has 0 aliphatic rings. The first kappa shape index (κ1) is 16.5. The minimum atomic E-state index is -0.0522. The molecule has 0 aliphatic carbocycles. The van der Waals surface area contributed by atoms with Gasteiger partial charge in [0.15, 0.2) is 11.0 Å². The Kier molecular flexibility index (Phi) is 4.53. The lowest BCUT2D eigenvalue weighted by molar-refractivity contribution is 0.387. The number of aromatic nitrogens is 4. The maximum absolute atomic E-state index is 13.0. The van der Waals surface area contributed by atoms with E-state index in [9.17, 15) is 4.79 Å². The molecule has 0 fully saturated rings. The van der Waals surface area contributed by atoms with E-state index in [1.54, 1.807) is 11.5 Å². The zero-order valence-electron chi connectivity index (χ0n) is 14.1. The summed E-state index contributed by atoms with van der Waals surface area (Å²) in [5.41, 5.74) is 1.68. The Morgan fingerprint density at radius 3 is 2.58 bits per heavy atom. The van der Waals surface area contributed by atoms with E-state index in [-0.39, 0.29) is 5.56 Å². The highest BCUT2D eigenvalue weighted by Crippen LogP contribution is 2.22. The Balaban J connectivity index is 1.75. The number of nitrogens with zero attached hydrogens (tertiary/aromatic N) is 4. The van der Waals surface area contributed by atoms with Gasteiger partial charge in [-0.2, -0.15) is 4.98 Å². The van der Waals surface area contributed by atoms with Gasteiger partial charge in [-0.25, -0.2) is 4.98 Å². The van der Waals surface area contributed by atoms with Crippen LogP contribution in [0.4, 0.5) is 0 Å². The molecule has 0 aliphatic heterocycles. The number of benzene rings is 2. The Labute approximate surface area is 153 Å². The first-order valence-corrected chi connectivity index (χ1v) is 9.15. The van der Waals surface area contributed by atoms with Crippen molar-refractivity contribution < 1.29 is 4.52 Å². The smallest absolute Gasteiger partial charge is 0.262 e. The monoisotopic (exact) mass is 364 g/mol. The minimum absolute atomic E-state index is 0.0522. The van der Waals surface area contributed by atoms with Crippen molar-refractivity contribution >= 4 is 22.7 Å². The van der Waals surface area contributed by atoms with Gasteiger partial charge >= 0.3 is 0 Å². The third kappa shape index (κ3) is 3.39. The molecule has 26 heavy (non-hydrogen) atoms. The van der Waals surface area contributed by atoms with Gasteiger partial charge in [-0.15, -0.1) is 0 Å². The number of fused-ring (bicyclic) bond motifs is 1. The van der Waals surface area contributed by atoms with E-state index in [4.69, 9.17) is 9.51 Å². The molecule has 0 unspecified atom stereocenters. The van der Waals surface area contributed by atoms with E-state index in [0.717, 1.165) is 5.56 Å². The second-order valence-electron chi connectivity index (χ2n) is 5.81. The van der Waals surface area contributed by atoms with Gasteiger partial charge in [-0.05, 0) is 24.6 Å². The average molecular weight is 364 g/mol. The fraction of sp³-hybridized carbons (Fsp3) is 0.158. The van der Waals surface area contributed by atoms with Crippen molar-refractivity contribution in [1.29, 1.82) is 0 Å². The number of para-hydroxylation sites is 1. The second kappa shape index (κ2) is 7.13. The van der Waals surface area contributed by atoms with E-state index in [2.05, 4.69) is 10.1 Å². The van der Waals surface area contributed by atoms with Gasteiger partial charge in [0, 0.05) is 0 Å². The molecular weight excluding hydrogens is 348 g/mol. The fourth-order valence-electron chi connectivity index (χ4n) is 2.69. The maximum Gasteiger partial charge on any atom is 0.262 e. The second-order valence-corrected chi connectivity index (χ2v) is 6.75. The SMILES string of the molecule is Cc1noc(CSc2nc3ccccc3c(=O)n2Cc2ccccc2)n1. The lowest BCUT2D eigenvalue weighted by Crippen LogP contribution is -2.24. The van der Waals surface area contributed by atoms with Crippen LogP contribution in [0.1, 0.15) is 17.3 Å². The summed E-state index contributed by atoms with van der Waals surface area (Å²) in [7, 11) is 0. The molecule has 2 aromatic heterocycles. The van der Waals surface area contributed by atoms with Crippen LogP contribution in [0.3, 0.4) is 0 Å². The van der Waals surface area contributed by atoms with Gasteiger partial charge in [0.2, 0.25) is 5.89 Å². The molecule has 130 valence electrons. The van der Waals surface area contributed by atoms with Crippen LogP contribution in [-0.2, 0) is 12.3 Å². The van der Waals surface area contributed by atoms with Crippen LogP contribution in [0, 0.1) is 6.92 Å². The third-order valence-electron chi connectivity index (χ3n) is 3.90.